The fraction of sp³-hybridized carbons (Fsp3) is 0.286. The number of aliphatic hydroxyl groups excluding tert-OH is 2. The van der Waals surface area contributed by atoms with E-state index in [0.717, 1.165) is 0 Å². The molecule has 1 aromatic heterocycles. The van der Waals surface area contributed by atoms with Gasteiger partial charge in [0, 0.05) is 18.5 Å². The van der Waals surface area contributed by atoms with Crippen molar-refractivity contribution in [3.8, 4) is 0 Å². The van der Waals surface area contributed by atoms with Crippen LogP contribution in [0.4, 0.5) is 0 Å². The van der Waals surface area contributed by atoms with Crippen molar-refractivity contribution in [1.29, 1.82) is 0 Å². The summed E-state index contributed by atoms with van der Waals surface area (Å²) in [6.45, 7) is 0.0124. The van der Waals surface area contributed by atoms with E-state index in [1.165, 1.54) is 11.0 Å². The van der Waals surface area contributed by atoms with Crippen molar-refractivity contribution in [2.24, 2.45) is 0 Å². The lowest BCUT2D eigenvalue weighted by Crippen LogP contribution is -2.33. The standard InChI is InChI=1S/C14H13NO5/c16-10-6-15(7-11(10)17)13(18)9-5-8-3-1-2-4-12(8)20-14(9)19/h1-5,10-11,16-17H,6-7H2. The molecule has 6 nitrogen and oxygen atoms in total. The largest absolute Gasteiger partial charge is 0.422 e. The highest BCUT2D eigenvalue weighted by atomic mass is 16.4. The number of aliphatic hydroxyl groups is 2. The molecule has 2 N–H and O–H groups in total. The Morgan fingerprint density at radius 2 is 1.85 bits per heavy atom. The van der Waals surface area contributed by atoms with Crippen LogP contribution in [0.15, 0.2) is 39.5 Å². The van der Waals surface area contributed by atoms with E-state index in [4.69, 9.17) is 4.42 Å². The van der Waals surface area contributed by atoms with E-state index >= 15 is 0 Å². The Kier molecular flexibility index (Phi) is 3.04. The van der Waals surface area contributed by atoms with Crippen molar-refractivity contribution in [3.63, 3.8) is 0 Å². The average Bonchev–Trinajstić information content (AvgIpc) is 2.77. The lowest BCUT2D eigenvalue weighted by atomic mass is 10.1. The van der Waals surface area contributed by atoms with Crippen molar-refractivity contribution < 1.29 is 19.4 Å². The topological polar surface area (TPSA) is 91.0 Å². The monoisotopic (exact) mass is 275 g/mol. The number of amides is 1. The van der Waals surface area contributed by atoms with Crippen molar-refractivity contribution in [1.82, 2.24) is 4.90 Å². The molecule has 0 radical (unpaired) electrons. The molecule has 1 amide bonds. The molecule has 2 atom stereocenters. The molecule has 6 heteroatoms. The van der Waals surface area contributed by atoms with Crippen LogP contribution in [0.25, 0.3) is 11.0 Å². The predicted octanol–water partition coefficient (Wildman–Crippen LogP) is -0.0294. The van der Waals surface area contributed by atoms with Gasteiger partial charge in [-0.3, -0.25) is 4.79 Å². The number of carbonyl (C=O) groups is 1. The SMILES string of the molecule is O=C(c1cc2ccccc2oc1=O)N1CC(O)C(O)C1. The Bertz CT molecular complexity index is 713. The lowest BCUT2D eigenvalue weighted by molar-refractivity contribution is 0.0572. The highest BCUT2D eigenvalue weighted by Crippen LogP contribution is 2.16. The summed E-state index contributed by atoms with van der Waals surface area (Å²) in [4.78, 5) is 25.3. The summed E-state index contributed by atoms with van der Waals surface area (Å²) in [5, 5.41) is 19.6. The number of fused-ring (bicyclic) bond motifs is 1. The average molecular weight is 275 g/mol. The molecule has 1 saturated heterocycles. The summed E-state index contributed by atoms with van der Waals surface area (Å²) < 4.78 is 5.10. The van der Waals surface area contributed by atoms with Gasteiger partial charge in [-0.25, -0.2) is 4.79 Å². The Hall–Kier alpha value is -2.18. The quantitative estimate of drug-likeness (QED) is 0.713. The summed E-state index contributed by atoms with van der Waals surface area (Å²) >= 11 is 0. The van der Waals surface area contributed by atoms with Gasteiger partial charge in [-0.1, -0.05) is 18.2 Å². The first kappa shape index (κ1) is 12.8. The first-order valence-corrected chi connectivity index (χ1v) is 6.24. The molecular formula is C14H13NO5. The summed E-state index contributed by atoms with van der Waals surface area (Å²) in [5.74, 6) is -0.542. The first-order chi connectivity index (χ1) is 9.56. The van der Waals surface area contributed by atoms with Crippen LogP contribution in [0.2, 0.25) is 0 Å². The van der Waals surface area contributed by atoms with Gasteiger partial charge in [-0.2, -0.15) is 0 Å². The summed E-state index contributed by atoms with van der Waals surface area (Å²) in [6.07, 6.45) is -1.96. The molecule has 1 aromatic carbocycles. The maximum absolute atomic E-state index is 12.2. The minimum Gasteiger partial charge on any atom is -0.422 e. The van der Waals surface area contributed by atoms with Crippen LogP contribution in [0.1, 0.15) is 10.4 Å². The number of likely N-dealkylation sites (tertiary alicyclic amines) is 1. The van der Waals surface area contributed by atoms with Crippen molar-refractivity contribution >= 4 is 16.9 Å². The molecular weight excluding hydrogens is 262 g/mol. The molecule has 0 bridgehead atoms. The number of β-amino-alcohol motifs (C(OH)–C–C–N with tert-alkyl or cyclic N) is 2. The van der Waals surface area contributed by atoms with Gasteiger partial charge in [-0.15, -0.1) is 0 Å². The predicted molar refractivity (Wildman–Crippen MR) is 70.4 cm³/mol. The maximum Gasteiger partial charge on any atom is 0.349 e. The van der Waals surface area contributed by atoms with Crippen LogP contribution in [0, 0.1) is 0 Å². The second kappa shape index (κ2) is 4.73. The van der Waals surface area contributed by atoms with E-state index < -0.39 is 23.7 Å². The van der Waals surface area contributed by atoms with E-state index in [1.54, 1.807) is 24.3 Å². The number of hydrogen-bond donors (Lipinski definition) is 2. The Morgan fingerprint density at radius 3 is 2.55 bits per heavy atom. The van der Waals surface area contributed by atoms with Gasteiger partial charge in [0.15, 0.2) is 0 Å². The molecule has 3 rings (SSSR count). The number of hydrogen-bond acceptors (Lipinski definition) is 5. The van der Waals surface area contributed by atoms with Gasteiger partial charge in [0.2, 0.25) is 0 Å². The van der Waals surface area contributed by atoms with Crippen molar-refractivity contribution in [3.05, 3.63) is 46.3 Å². The van der Waals surface area contributed by atoms with Gasteiger partial charge >= 0.3 is 5.63 Å². The Labute approximate surface area is 113 Å². The molecule has 2 heterocycles. The van der Waals surface area contributed by atoms with E-state index in [0.29, 0.717) is 11.0 Å². The second-order valence-electron chi connectivity index (χ2n) is 4.83. The molecule has 104 valence electrons. The minimum absolute atomic E-state index is 0.00622. The molecule has 0 aliphatic carbocycles. The van der Waals surface area contributed by atoms with Crippen molar-refractivity contribution in [2.45, 2.75) is 12.2 Å². The van der Waals surface area contributed by atoms with E-state index in [9.17, 15) is 19.8 Å². The fourth-order valence-electron chi connectivity index (χ4n) is 2.32. The lowest BCUT2D eigenvalue weighted by Gasteiger charge is -2.14. The fourth-order valence-corrected chi connectivity index (χ4v) is 2.32. The van der Waals surface area contributed by atoms with Crippen LogP contribution in [0.5, 0.6) is 0 Å². The molecule has 1 aliphatic rings. The minimum atomic E-state index is -0.980. The van der Waals surface area contributed by atoms with E-state index in [-0.39, 0.29) is 18.7 Å². The molecule has 2 unspecified atom stereocenters. The maximum atomic E-state index is 12.2. The van der Waals surface area contributed by atoms with Gasteiger partial charge in [0.25, 0.3) is 5.91 Å². The molecule has 20 heavy (non-hydrogen) atoms. The number of benzene rings is 1. The molecule has 0 spiro atoms. The third-order valence-corrected chi connectivity index (χ3v) is 3.42. The van der Waals surface area contributed by atoms with Crippen LogP contribution in [-0.2, 0) is 0 Å². The van der Waals surface area contributed by atoms with Crippen LogP contribution in [0.3, 0.4) is 0 Å². The van der Waals surface area contributed by atoms with Gasteiger partial charge in [-0.05, 0) is 12.1 Å². The van der Waals surface area contributed by atoms with Gasteiger partial charge in [0.05, 0.1) is 12.2 Å². The van der Waals surface area contributed by atoms with Crippen molar-refractivity contribution in [2.75, 3.05) is 13.1 Å². The normalized spacial score (nSPS) is 22.4. The summed E-state index contributed by atoms with van der Waals surface area (Å²) in [5.41, 5.74) is -0.398. The summed E-state index contributed by atoms with van der Waals surface area (Å²) in [7, 11) is 0. The molecule has 2 aromatic rings. The van der Waals surface area contributed by atoms with Gasteiger partial charge in [0.1, 0.15) is 11.1 Å². The Balaban J connectivity index is 2.00. The smallest absolute Gasteiger partial charge is 0.349 e. The number of nitrogens with zero attached hydrogens (tertiary/aromatic N) is 1. The number of carbonyl (C=O) groups excluding carboxylic acids is 1. The molecule has 0 saturated carbocycles. The zero-order valence-electron chi connectivity index (χ0n) is 10.5. The second-order valence-corrected chi connectivity index (χ2v) is 4.83. The zero-order valence-corrected chi connectivity index (χ0v) is 10.5. The Morgan fingerprint density at radius 1 is 1.20 bits per heavy atom. The van der Waals surface area contributed by atoms with Crippen LogP contribution < -0.4 is 5.63 Å². The third-order valence-electron chi connectivity index (χ3n) is 3.42. The highest BCUT2D eigenvalue weighted by molar-refractivity contribution is 5.96. The molecule has 1 fully saturated rings. The van der Waals surface area contributed by atoms with Crippen LogP contribution >= 0.6 is 0 Å². The number of para-hydroxylation sites is 1. The number of rotatable bonds is 1. The third kappa shape index (κ3) is 2.09. The highest BCUT2D eigenvalue weighted by Gasteiger charge is 2.34. The van der Waals surface area contributed by atoms with Gasteiger partial charge < -0.3 is 19.5 Å². The van der Waals surface area contributed by atoms with Crippen LogP contribution in [-0.4, -0.2) is 46.3 Å². The first-order valence-electron chi connectivity index (χ1n) is 6.24. The summed E-state index contributed by atoms with van der Waals surface area (Å²) in [6, 6.07) is 8.37. The van der Waals surface area contributed by atoms with E-state index in [2.05, 4.69) is 0 Å². The van der Waals surface area contributed by atoms with E-state index in [1.807, 2.05) is 0 Å². The zero-order chi connectivity index (χ0) is 14.3. The molecule has 1 aliphatic heterocycles.